The third-order valence-electron chi connectivity index (χ3n) is 2.99. The lowest BCUT2D eigenvalue weighted by Gasteiger charge is -2.30. The molecule has 0 bridgehead atoms. The molecule has 1 unspecified atom stereocenters. The molecule has 0 aliphatic carbocycles. The molecule has 5 nitrogen and oxygen atoms in total. The summed E-state index contributed by atoms with van der Waals surface area (Å²) in [5.74, 6) is -0.130. The Hall–Kier alpha value is -0.650. The molecule has 0 radical (unpaired) electrons. The summed E-state index contributed by atoms with van der Waals surface area (Å²) >= 11 is 0. The van der Waals surface area contributed by atoms with Crippen molar-refractivity contribution in [1.82, 2.24) is 5.32 Å². The summed E-state index contributed by atoms with van der Waals surface area (Å²) < 4.78 is 10.6. The fourth-order valence-electron chi connectivity index (χ4n) is 1.63. The van der Waals surface area contributed by atoms with Crippen molar-refractivity contribution in [1.29, 1.82) is 0 Å². The second-order valence-corrected chi connectivity index (χ2v) is 4.31. The van der Waals surface area contributed by atoms with Crippen LogP contribution >= 0.6 is 0 Å². The molecule has 17 heavy (non-hydrogen) atoms. The molecular formula is C12H26N2O3. The summed E-state index contributed by atoms with van der Waals surface area (Å²) in [5, 5.41) is 2.80. The van der Waals surface area contributed by atoms with Gasteiger partial charge in [0.25, 0.3) is 0 Å². The number of nitrogens with one attached hydrogen (secondary N) is 1. The Balaban J connectivity index is 4.04. The van der Waals surface area contributed by atoms with Crippen molar-refractivity contribution in [2.45, 2.75) is 45.3 Å². The van der Waals surface area contributed by atoms with Gasteiger partial charge in [-0.15, -0.1) is 0 Å². The maximum absolute atomic E-state index is 11.6. The number of carbonyl (C=O) groups excluding carboxylic acids is 1. The second-order valence-electron chi connectivity index (χ2n) is 4.31. The molecule has 0 aromatic rings. The van der Waals surface area contributed by atoms with Crippen molar-refractivity contribution < 1.29 is 14.3 Å². The minimum atomic E-state index is -0.373. The highest BCUT2D eigenvalue weighted by molar-refractivity contribution is 5.77. The van der Waals surface area contributed by atoms with Crippen LogP contribution in [0.5, 0.6) is 0 Å². The van der Waals surface area contributed by atoms with Crippen LogP contribution in [-0.4, -0.2) is 44.4 Å². The topological polar surface area (TPSA) is 73.6 Å². The van der Waals surface area contributed by atoms with E-state index in [1.165, 1.54) is 0 Å². The van der Waals surface area contributed by atoms with Crippen LogP contribution in [0, 0.1) is 0 Å². The zero-order valence-corrected chi connectivity index (χ0v) is 11.4. The van der Waals surface area contributed by atoms with Gasteiger partial charge in [-0.3, -0.25) is 4.79 Å². The predicted octanol–water partition coefficient (Wildman–Crippen LogP) is 0.672. The van der Waals surface area contributed by atoms with Gasteiger partial charge in [-0.1, -0.05) is 13.8 Å². The monoisotopic (exact) mass is 246 g/mol. The van der Waals surface area contributed by atoms with Gasteiger partial charge in [-0.05, 0) is 19.8 Å². The molecule has 102 valence electrons. The molecule has 0 aliphatic heterocycles. The van der Waals surface area contributed by atoms with Crippen LogP contribution in [-0.2, 0) is 14.3 Å². The molecule has 0 saturated heterocycles. The van der Waals surface area contributed by atoms with Crippen LogP contribution in [0.15, 0.2) is 0 Å². The molecule has 5 heteroatoms. The summed E-state index contributed by atoms with van der Waals surface area (Å²) in [4.78, 5) is 11.6. The maximum Gasteiger partial charge on any atom is 0.246 e. The van der Waals surface area contributed by atoms with Crippen LogP contribution in [0.25, 0.3) is 0 Å². The second kappa shape index (κ2) is 8.44. The standard InChI is InChI=1S/C12H26N2O3/c1-5-12(6-2,9-13)17-8-11(15)14-10(3)7-16-4/h10H,5-9,13H2,1-4H3,(H,14,15). The van der Waals surface area contributed by atoms with Gasteiger partial charge in [-0.25, -0.2) is 0 Å². The van der Waals surface area contributed by atoms with Crippen molar-refractivity contribution in [3.8, 4) is 0 Å². The number of rotatable bonds is 9. The third kappa shape index (κ3) is 6.00. The van der Waals surface area contributed by atoms with Gasteiger partial charge in [0, 0.05) is 19.7 Å². The van der Waals surface area contributed by atoms with Gasteiger partial charge in [0.05, 0.1) is 12.2 Å². The van der Waals surface area contributed by atoms with E-state index in [-0.39, 0.29) is 24.2 Å². The van der Waals surface area contributed by atoms with E-state index in [0.717, 1.165) is 12.8 Å². The number of nitrogens with two attached hydrogens (primary N) is 1. The summed E-state index contributed by atoms with van der Waals surface area (Å²) in [6, 6.07) is -0.00775. The minimum Gasteiger partial charge on any atom is -0.383 e. The quantitative estimate of drug-likeness (QED) is 0.627. The number of hydrogen-bond donors (Lipinski definition) is 2. The van der Waals surface area contributed by atoms with E-state index in [1.54, 1.807) is 7.11 Å². The molecule has 0 aromatic carbocycles. The molecule has 0 saturated carbocycles. The van der Waals surface area contributed by atoms with Crippen molar-refractivity contribution >= 4 is 5.91 Å². The van der Waals surface area contributed by atoms with E-state index in [4.69, 9.17) is 15.2 Å². The van der Waals surface area contributed by atoms with Crippen LogP contribution in [0.2, 0.25) is 0 Å². The van der Waals surface area contributed by atoms with Crippen molar-refractivity contribution in [3.63, 3.8) is 0 Å². The summed E-state index contributed by atoms with van der Waals surface area (Å²) in [6.07, 6.45) is 1.61. The molecule has 0 heterocycles. The van der Waals surface area contributed by atoms with Crippen LogP contribution in [0.4, 0.5) is 0 Å². The number of methoxy groups -OCH3 is 1. The van der Waals surface area contributed by atoms with E-state index in [9.17, 15) is 4.79 Å². The smallest absolute Gasteiger partial charge is 0.246 e. The molecule has 1 atom stereocenters. The Kier molecular flexibility index (Phi) is 8.12. The number of ether oxygens (including phenoxy) is 2. The Morgan fingerprint density at radius 3 is 2.41 bits per heavy atom. The number of amides is 1. The van der Waals surface area contributed by atoms with Crippen molar-refractivity contribution in [2.75, 3.05) is 26.9 Å². The zero-order chi connectivity index (χ0) is 13.3. The lowest BCUT2D eigenvalue weighted by atomic mass is 9.97. The van der Waals surface area contributed by atoms with Gasteiger partial charge in [0.15, 0.2) is 0 Å². The fraction of sp³-hybridized carbons (Fsp3) is 0.917. The first kappa shape index (κ1) is 16.4. The van der Waals surface area contributed by atoms with Crippen molar-refractivity contribution in [3.05, 3.63) is 0 Å². The molecular weight excluding hydrogens is 220 g/mol. The molecule has 3 N–H and O–H groups in total. The molecule has 0 aromatic heterocycles. The summed E-state index contributed by atoms with van der Waals surface area (Å²) in [7, 11) is 1.60. The van der Waals surface area contributed by atoms with Gasteiger partial charge in [0.1, 0.15) is 6.61 Å². The van der Waals surface area contributed by atoms with Gasteiger partial charge in [0.2, 0.25) is 5.91 Å². The fourth-order valence-corrected chi connectivity index (χ4v) is 1.63. The van der Waals surface area contributed by atoms with Gasteiger partial charge < -0.3 is 20.5 Å². The summed E-state index contributed by atoms with van der Waals surface area (Å²) in [6.45, 7) is 6.89. The number of hydrogen-bond acceptors (Lipinski definition) is 4. The first-order chi connectivity index (χ1) is 8.03. The maximum atomic E-state index is 11.6. The average Bonchev–Trinajstić information content (AvgIpc) is 2.32. The average molecular weight is 246 g/mol. The van der Waals surface area contributed by atoms with Gasteiger partial charge in [-0.2, -0.15) is 0 Å². The summed E-state index contributed by atoms with van der Waals surface area (Å²) in [5.41, 5.74) is 5.31. The Morgan fingerprint density at radius 2 is 2.00 bits per heavy atom. The lowest BCUT2D eigenvalue weighted by Crippen LogP contribution is -2.44. The Morgan fingerprint density at radius 1 is 1.41 bits per heavy atom. The van der Waals surface area contributed by atoms with Gasteiger partial charge >= 0.3 is 0 Å². The first-order valence-corrected chi connectivity index (χ1v) is 6.15. The van der Waals surface area contributed by atoms with Crippen LogP contribution in [0.1, 0.15) is 33.6 Å². The SMILES string of the molecule is CCC(CC)(CN)OCC(=O)NC(C)COC. The van der Waals surface area contributed by atoms with Crippen LogP contribution in [0.3, 0.4) is 0 Å². The van der Waals surface area contributed by atoms with E-state index >= 15 is 0 Å². The largest absolute Gasteiger partial charge is 0.383 e. The predicted molar refractivity (Wildman–Crippen MR) is 67.8 cm³/mol. The zero-order valence-electron chi connectivity index (χ0n) is 11.4. The minimum absolute atomic E-state index is 0.00775. The lowest BCUT2D eigenvalue weighted by molar-refractivity contribution is -0.134. The van der Waals surface area contributed by atoms with E-state index in [1.807, 2.05) is 20.8 Å². The number of carbonyl (C=O) groups is 1. The molecule has 0 fully saturated rings. The third-order valence-corrected chi connectivity index (χ3v) is 2.99. The van der Waals surface area contributed by atoms with Crippen LogP contribution < -0.4 is 11.1 Å². The molecule has 0 spiro atoms. The van der Waals surface area contributed by atoms with Crippen molar-refractivity contribution in [2.24, 2.45) is 5.73 Å². The van der Waals surface area contributed by atoms with E-state index in [0.29, 0.717) is 13.2 Å². The first-order valence-electron chi connectivity index (χ1n) is 6.15. The van der Waals surface area contributed by atoms with E-state index < -0.39 is 0 Å². The van der Waals surface area contributed by atoms with E-state index in [2.05, 4.69) is 5.32 Å². The highest BCUT2D eigenvalue weighted by atomic mass is 16.5. The molecule has 0 rings (SSSR count). The normalized spacial score (nSPS) is 13.5. The molecule has 1 amide bonds. The highest BCUT2D eigenvalue weighted by Crippen LogP contribution is 2.18. The Bertz CT molecular complexity index is 210. The Labute approximate surface area is 104 Å². The highest BCUT2D eigenvalue weighted by Gasteiger charge is 2.26. The molecule has 0 aliphatic rings.